The van der Waals surface area contributed by atoms with Crippen LogP contribution in [0.3, 0.4) is 0 Å². The van der Waals surface area contributed by atoms with Crippen LogP contribution >= 0.6 is 11.3 Å². The molecule has 0 bridgehead atoms. The molecule has 0 radical (unpaired) electrons. The van der Waals surface area contributed by atoms with Crippen molar-refractivity contribution in [3.8, 4) is 0 Å². The molecule has 0 saturated carbocycles. The Kier molecular flexibility index (Phi) is 3.76. The summed E-state index contributed by atoms with van der Waals surface area (Å²) in [6, 6.07) is 2.18. The van der Waals surface area contributed by atoms with E-state index in [4.69, 9.17) is 5.84 Å². The molecule has 20 heavy (non-hydrogen) atoms. The zero-order valence-corrected chi connectivity index (χ0v) is 12.8. The van der Waals surface area contributed by atoms with Crippen molar-refractivity contribution in [3.63, 3.8) is 0 Å². The lowest BCUT2D eigenvalue weighted by Gasteiger charge is -2.32. The number of nitrogens with one attached hydrogen (secondary N) is 1. The maximum Gasteiger partial charge on any atom is 0.240 e. The average Bonchev–Trinajstić information content (AvgIpc) is 2.86. The van der Waals surface area contributed by atoms with Gasteiger partial charge in [0.2, 0.25) is 5.95 Å². The van der Waals surface area contributed by atoms with Crippen molar-refractivity contribution in [2.24, 2.45) is 11.8 Å². The van der Waals surface area contributed by atoms with Crippen molar-refractivity contribution in [2.75, 3.05) is 23.4 Å². The predicted molar refractivity (Wildman–Crippen MR) is 85.2 cm³/mol. The first kappa shape index (κ1) is 13.6. The number of piperidine rings is 1. The summed E-state index contributed by atoms with van der Waals surface area (Å²) in [4.78, 5) is 13.7. The number of nitrogens with two attached hydrogens (primary N) is 1. The first-order valence-corrected chi connectivity index (χ1v) is 8.02. The lowest BCUT2D eigenvalue weighted by atomic mass is 9.94. The summed E-state index contributed by atoms with van der Waals surface area (Å²) >= 11 is 1.69. The van der Waals surface area contributed by atoms with Crippen LogP contribution in [0.15, 0.2) is 6.07 Å². The minimum absolute atomic E-state index is 0.506. The first-order chi connectivity index (χ1) is 9.71. The Balaban J connectivity index is 1.97. The second-order valence-electron chi connectivity index (χ2n) is 5.43. The van der Waals surface area contributed by atoms with Crippen molar-refractivity contribution in [3.05, 3.63) is 10.9 Å². The molecule has 2 aromatic rings. The van der Waals surface area contributed by atoms with E-state index in [0.29, 0.717) is 5.95 Å². The van der Waals surface area contributed by atoms with Crippen molar-refractivity contribution in [2.45, 2.75) is 33.1 Å². The topological polar surface area (TPSA) is 67.1 Å². The van der Waals surface area contributed by atoms with Gasteiger partial charge < -0.3 is 4.90 Å². The second-order valence-corrected chi connectivity index (χ2v) is 6.66. The third kappa shape index (κ3) is 2.45. The van der Waals surface area contributed by atoms with E-state index in [0.717, 1.165) is 35.0 Å². The highest BCUT2D eigenvalue weighted by atomic mass is 32.1. The molecule has 1 fully saturated rings. The highest BCUT2D eigenvalue weighted by Crippen LogP contribution is 2.33. The number of hydrogen-bond acceptors (Lipinski definition) is 6. The molecule has 0 aromatic carbocycles. The Labute approximate surface area is 123 Å². The van der Waals surface area contributed by atoms with Crippen LogP contribution in [0, 0.1) is 12.8 Å². The lowest BCUT2D eigenvalue weighted by Crippen LogP contribution is -2.34. The van der Waals surface area contributed by atoms with Crippen LogP contribution < -0.4 is 16.2 Å². The number of rotatable bonds is 3. The summed E-state index contributed by atoms with van der Waals surface area (Å²) in [5.41, 5.74) is 2.59. The second kappa shape index (κ2) is 5.54. The number of hydrogen-bond donors (Lipinski definition) is 2. The highest BCUT2D eigenvalue weighted by molar-refractivity contribution is 7.18. The van der Waals surface area contributed by atoms with Crippen LogP contribution in [-0.4, -0.2) is 23.1 Å². The highest BCUT2D eigenvalue weighted by Gasteiger charge is 2.22. The molecule has 0 amide bonds. The number of nitrogen functional groups attached to an aromatic ring is 1. The van der Waals surface area contributed by atoms with E-state index in [9.17, 15) is 0 Å². The predicted octanol–water partition coefficient (Wildman–Crippen LogP) is 2.91. The molecule has 1 aliphatic rings. The fraction of sp³-hybridized carbons (Fsp3) is 0.571. The van der Waals surface area contributed by atoms with E-state index >= 15 is 0 Å². The number of nitrogens with zero attached hydrogens (tertiary/aromatic N) is 3. The first-order valence-electron chi connectivity index (χ1n) is 7.21. The molecule has 5 nitrogen and oxygen atoms in total. The fourth-order valence-corrected chi connectivity index (χ4v) is 3.76. The van der Waals surface area contributed by atoms with Gasteiger partial charge in [0.1, 0.15) is 10.6 Å². The third-order valence-electron chi connectivity index (χ3n) is 4.12. The van der Waals surface area contributed by atoms with Gasteiger partial charge in [-0.2, -0.15) is 4.98 Å². The van der Waals surface area contributed by atoms with E-state index in [1.807, 2.05) is 0 Å². The third-order valence-corrected chi connectivity index (χ3v) is 5.06. The zero-order valence-electron chi connectivity index (χ0n) is 12.0. The van der Waals surface area contributed by atoms with Crippen LogP contribution in [0.2, 0.25) is 0 Å². The van der Waals surface area contributed by atoms with Gasteiger partial charge in [-0.1, -0.05) is 13.3 Å². The Morgan fingerprint density at radius 2 is 2.15 bits per heavy atom. The molecule has 0 atom stereocenters. The normalized spacial score (nSPS) is 16.9. The molecule has 0 spiro atoms. The molecule has 3 rings (SSSR count). The minimum atomic E-state index is 0.506. The average molecular weight is 291 g/mol. The van der Waals surface area contributed by atoms with E-state index in [2.05, 4.69) is 40.2 Å². The molecule has 2 aromatic heterocycles. The Morgan fingerprint density at radius 1 is 1.40 bits per heavy atom. The van der Waals surface area contributed by atoms with Gasteiger partial charge in [-0.15, -0.1) is 11.3 Å². The summed E-state index contributed by atoms with van der Waals surface area (Å²) in [6.45, 7) is 6.53. The molecule has 0 aliphatic carbocycles. The zero-order chi connectivity index (χ0) is 14.1. The van der Waals surface area contributed by atoms with Crippen LogP contribution in [0.4, 0.5) is 11.8 Å². The monoisotopic (exact) mass is 291 g/mol. The van der Waals surface area contributed by atoms with E-state index in [-0.39, 0.29) is 0 Å². The standard InChI is InChI=1S/C14H21N5S/c1-3-10-4-6-19(7-5-10)12-11-8-9(2)20-13(11)17-14(16-12)18-15/h8,10H,3-7,15H2,1-2H3,(H,16,17,18). The fourth-order valence-electron chi connectivity index (χ4n) is 2.89. The number of fused-ring (bicyclic) bond motifs is 1. The van der Waals surface area contributed by atoms with Crippen LogP contribution in [0.5, 0.6) is 0 Å². The summed E-state index contributed by atoms with van der Waals surface area (Å²) in [5, 5.41) is 1.15. The van der Waals surface area contributed by atoms with Gasteiger partial charge in [0, 0.05) is 18.0 Å². The summed E-state index contributed by atoms with van der Waals surface area (Å²) in [6.07, 6.45) is 3.77. The van der Waals surface area contributed by atoms with Gasteiger partial charge in [-0.05, 0) is 31.7 Å². The lowest BCUT2D eigenvalue weighted by molar-refractivity contribution is 0.394. The molecular weight excluding hydrogens is 270 g/mol. The van der Waals surface area contributed by atoms with Gasteiger partial charge in [0.15, 0.2) is 0 Å². The number of aryl methyl sites for hydroxylation is 1. The molecule has 1 saturated heterocycles. The molecule has 1 aliphatic heterocycles. The maximum absolute atomic E-state index is 5.50. The number of thiophene rings is 1. The van der Waals surface area contributed by atoms with Crippen LogP contribution in [-0.2, 0) is 0 Å². The van der Waals surface area contributed by atoms with Gasteiger partial charge in [0.25, 0.3) is 0 Å². The maximum atomic E-state index is 5.50. The molecule has 0 unspecified atom stereocenters. The quantitative estimate of drug-likeness (QED) is 0.672. The van der Waals surface area contributed by atoms with Gasteiger partial charge >= 0.3 is 0 Å². The number of anilines is 2. The van der Waals surface area contributed by atoms with Gasteiger partial charge in [-0.25, -0.2) is 10.8 Å². The van der Waals surface area contributed by atoms with Crippen LogP contribution in [0.25, 0.3) is 10.2 Å². The van der Waals surface area contributed by atoms with Crippen molar-refractivity contribution >= 4 is 33.3 Å². The Hall–Kier alpha value is -1.40. The van der Waals surface area contributed by atoms with Gasteiger partial charge in [0.05, 0.1) is 5.39 Å². The minimum Gasteiger partial charge on any atom is -0.356 e. The van der Waals surface area contributed by atoms with Crippen LogP contribution in [0.1, 0.15) is 31.1 Å². The van der Waals surface area contributed by atoms with Crippen molar-refractivity contribution in [1.82, 2.24) is 9.97 Å². The van der Waals surface area contributed by atoms with Gasteiger partial charge in [-0.3, -0.25) is 5.43 Å². The molecule has 108 valence electrons. The Bertz CT molecular complexity index is 601. The number of aromatic nitrogens is 2. The molecule has 6 heteroatoms. The molecule has 3 heterocycles. The summed E-state index contributed by atoms with van der Waals surface area (Å²) < 4.78 is 0. The molecular formula is C14H21N5S. The molecule has 3 N–H and O–H groups in total. The summed E-state index contributed by atoms with van der Waals surface area (Å²) in [7, 11) is 0. The van der Waals surface area contributed by atoms with E-state index in [1.54, 1.807) is 11.3 Å². The van der Waals surface area contributed by atoms with E-state index in [1.165, 1.54) is 24.1 Å². The van der Waals surface area contributed by atoms with Crippen molar-refractivity contribution in [1.29, 1.82) is 0 Å². The SMILES string of the molecule is CCC1CCN(c2nc(NN)nc3sc(C)cc23)CC1. The smallest absolute Gasteiger partial charge is 0.240 e. The largest absolute Gasteiger partial charge is 0.356 e. The summed E-state index contributed by atoms with van der Waals surface area (Å²) in [5.74, 6) is 7.90. The Morgan fingerprint density at radius 3 is 2.80 bits per heavy atom. The van der Waals surface area contributed by atoms with Crippen molar-refractivity contribution < 1.29 is 0 Å². The van der Waals surface area contributed by atoms with E-state index < -0.39 is 0 Å². The number of hydrazine groups is 1.